The van der Waals surface area contributed by atoms with E-state index in [0.29, 0.717) is 44.3 Å². The van der Waals surface area contributed by atoms with Crippen LogP contribution < -0.4 is 19.7 Å². The summed E-state index contributed by atoms with van der Waals surface area (Å²) in [6, 6.07) is 5.50. The number of hydrogen-bond acceptors (Lipinski definition) is 5. The van der Waals surface area contributed by atoms with Gasteiger partial charge in [0.1, 0.15) is 0 Å². The first-order valence-electron chi connectivity index (χ1n) is 9.33. The summed E-state index contributed by atoms with van der Waals surface area (Å²) in [6.45, 7) is 8.35. The molecule has 1 atom stereocenters. The van der Waals surface area contributed by atoms with E-state index >= 15 is 0 Å². The van der Waals surface area contributed by atoms with E-state index in [1.54, 1.807) is 4.90 Å². The summed E-state index contributed by atoms with van der Waals surface area (Å²) in [6.07, 6.45) is 0.264. The van der Waals surface area contributed by atoms with Gasteiger partial charge in [0, 0.05) is 50.9 Å². The third kappa shape index (κ3) is 4.84. The summed E-state index contributed by atoms with van der Waals surface area (Å²) in [5, 5.41) is 3.24. The van der Waals surface area contributed by atoms with Crippen molar-refractivity contribution in [2.24, 2.45) is 5.92 Å². The first-order valence-corrected chi connectivity index (χ1v) is 9.33. The Kier molecular flexibility index (Phi) is 7.74. The topological polar surface area (TPSA) is 71.1 Å². The smallest absolute Gasteiger partial charge is 0.228 e. The summed E-state index contributed by atoms with van der Waals surface area (Å²) in [5.41, 5.74) is 0.748. The average Bonchev–Trinajstić information content (AvgIpc) is 3.05. The maximum atomic E-state index is 12.7. The van der Waals surface area contributed by atoms with Crippen molar-refractivity contribution in [1.82, 2.24) is 10.2 Å². The largest absolute Gasteiger partial charge is 0.490 e. The van der Waals surface area contributed by atoms with Gasteiger partial charge in [-0.25, -0.2) is 0 Å². The molecular formula is C19H28ClN3O4. The van der Waals surface area contributed by atoms with Gasteiger partial charge in [-0.1, -0.05) is 0 Å². The lowest BCUT2D eigenvalue weighted by atomic mass is 10.1. The third-order valence-electron chi connectivity index (χ3n) is 4.74. The van der Waals surface area contributed by atoms with Crippen LogP contribution in [-0.2, 0) is 9.59 Å². The van der Waals surface area contributed by atoms with Crippen LogP contribution in [0.2, 0.25) is 0 Å². The second-order valence-corrected chi connectivity index (χ2v) is 6.48. The van der Waals surface area contributed by atoms with Crippen LogP contribution in [0.4, 0.5) is 5.69 Å². The summed E-state index contributed by atoms with van der Waals surface area (Å²) in [5.74, 6) is 1.07. The van der Waals surface area contributed by atoms with Gasteiger partial charge in [-0.3, -0.25) is 9.59 Å². The minimum absolute atomic E-state index is 0. The maximum Gasteiger partial charge on any atom is 0.228 e. The SMILES string of the molecule is CCOc1ccc(N2CC(C(=O)N3CCNCC3)CC2=O)cc1OCC.Cl. The number of halogens is 1. The quantitative estimate of drug-likeness (QED) is 0.791. The molecule has 8 heteroatoms. The van der Waals surface area contributed by atoms with Gasteiger partial charge in [-0.15, -0.1) is 12.4 Å². The molecule has 27 heavy (non-hydrogen) atoms. The normalized spacial score (nSPS) is 19.6. The van der Waals surface area contributed by atoms with Crippen molar-refractivity contribution >= 4 is 29.9 Å². The minimum atomic E-state index is -0.275. The van der Waals surface area contributed by atoms with Crippen LogP contribution in [0.3, 0.4) is 0 Å². The predicted molar refractivity (Wildman–Crippen MR) is 106 cm³/mol. The molecule has 1 N–H and O–H groups in total. The molecule has 7 nitrogen and oxygen atoms in total. The molecule has 2 aliphatic heterocycles. The van der Waals surface area contributed by atoms with Crippen LogP contribution in [0, 0.1) is 5.92 Å². The number of hydrogen-bond donors (Lipinski definition) is 1. The van der Waals surface area contributed by atoms with E-state index in [0.717, 1.165) is 18.8 Å². The predicted octanol–water partition coefficient (Wildman–Crippen LogP) is 1.69. The molecule has 0 bridgehead atoms. The lowest BCUT2D eigenvalue weighted by Crippen LogP contribution is -2.48. The molecule has 0 aromatic heterocycles. The molecule has 1 unspecified atom stereocenters. The van der Waals surface area contributed by atoms with E-state index in [1.165, 1.54) is 0 Å². The fourth-order valence-electron chi connectivity index (χ4n) is 3.47. The van der Waals surface area contributed by atoms with Gasteiger partial charge in [0.05, 0.1) is 19.1 Å². The molecule has 150 valence electrons. The summed E-state index contributed by atoms with van der Waals surface area (Å²) in [4.78, 5) is 28.8. The van der Waals surface area contributed by atoms with Gasteiger partial charge in [0.15, 0.2) is 11.5 Å². The number of ether oxygens (including phenoxy) is 2. The van der Waals surface area contributed by atoms with Crippen molar-refractivity contribution < 1.29 is 19.1 Å². The second-order valence-electron chi connectivity index (χ2n) is 6.48. The number of carbonyl (C=O) groups is 2. The number of piperazine rings is 1. The second kappa shape index (κ2) is 9.80. The summed E-state index contributed by atoms with van der Waals surface area (Å²) < 4.78 is 11.2. The van der Waals surface area contributed by atoms with Gasteiger partial charge in [-0.2, -0.15) is 0 Å². The number of amides is 2. The number of benzene rings is 1. The molecule has 0 radical (unpaired) electrons. The fourth-order valence-corrected chi connectivity index (χ4v) is 3.47. The highest BCUT2D eigenvalue weighted by atomic mass is 35.5. The van der Waals surface area contributed by atoms with Crippen LogP contribution in [0.25, 0.3) is 0 Å². The molecule has 2 saturated heterocycles. The molecule has 2 aliphatic rings. The summed E-state index contributed by atoms with van der Waals surface area (Å²) in [7, 11) is 0. The van der Waals surface area contributed by atoms with Gasteiger partial charge < -0.3 is 24.6 Å². The van der Waals surface area contributed by atoms with Gasteiger partial charge in [0.25, 0.3) is 0 Å². The maximum absolute atomic E-state index is 12.7. The van der Waals surface area contributed by atoms with Crippen molar-refractivity contribution in [3.05, 3.63) is 18.2 Å². The van der Waals surface area contributed by atoms with Gasteiger partial charge in [-0.05, 0) is 26.0 Å². The monoisotopic (exact) mass is 397 g/mol. The van der Waals surface area contributed by atoms with E-state index in [9.17, 15) is 9.59 Å². The molecule has 0 saturated carbocycles. The van der Waals surface area contributed by atoms with Gasteiger partial charge in [0.2, 0.25) is 11.8 Å². The van der Waals surface area contributed by atoms with Crippen LogP contribution in [-0.4, -0.2) is 62.7 Å². The van der Waals surface area contributed by atoms with Crippen LogP contribution in [0.15, 0.2) is 18.2 Å². The number of nitrogens with zero attached hydrogens (tertiary/aromatic N) is 2. The van der Waals surface area contributed by atoms with Crippen molar-refractivity contribution in [2.45, 2.75) is 20.3 Å². The Labute approximate surface area is 166 Å². The number of nitrogens with one attached hydrogen (secondary N) is 1. The Morgan fingerprint density at radius 3 is 2.48 bits per heavy atom. The highest BCUT2D eigenvalue weighted by molar-refractivity contribution is 6.00. The summed E-state index contributed by atoms with van der Waals surface area (Å²) >= 11 is 0. The number of carbonyl (C=O) groups excluding carboxylic acids is 2. The molecule has 2 heterocycles. The van der Waals surface area contributed by atoms with Crippen molar-refractivity contribution in [3.8, 4) is 11.5 Å². The van der Waals surface area contributed by atoms with Crippen LogP contribution in [0.1, 0.15) is 20.3 Å². The standard InChI is InChI=1S/C19H27N3O4.ClH/c1-3-25-16-6-5-15(12-17(16)26-4-2)22-13-14(11-18(22)23)19(24)21-9-7-20-8-10-21;/h5-6,12,14,20H,3-4,7-11,13H2,1-2H3;1H. The zero-order chi connectivity index (χ0) is 18.5. The Bertz CT molecular complexity index is 664. The molecule has 1 aromatic carbocycles. The Balaban J connectivity index is 0.00000261. The fraction of sp³-hybridized carbons (Fsp3) is 0.579. The highest BCUT2D eigenvalue weighted by Crippen LogP contribution is 2.35. The molecule has 0 aliphatic carbocycles. The molecule has 0 spiro atoms. The minimum Gasteiger partial charge on any atom is -0.490 e. The average molecular weight is 398 g/mol. The van der Waals surface area contributed by atoms with E-state index in [2.05, 4.69) is 5.32 Å². The zero-order valence-corrected chi connectivity index (χ0v) is 16.7. The number of anilines is 1. The Morgan fingerprint density at radius 1 is 1.15 bits per heavy atom. The lowest BCUT2D eigenvalue weighted by molar-refractivity contribution is -0.136. The van der Waals surface area contributed by atoms with Crippen molar-refractivity contribution in [3.63, 3.8) is 0 Å². The van der Waals surface area contributed by atoms with E-state index in [-0.39, 0.29) is 36.6 Å². The van der Waals surface area contributed by atoms with E-state index in [1.807, 2.05) is 36.9 Å². The van der Waals surface area contributed by atoms with Crippen molar-refractivity contribution in [1.29, 1.82) is 0 Å². The Hall–Kier alpha value is -1.99. The molecular weight excluding hydrogens is 370 g/mol. The lowest BCUT2D eigenvalue weighted by Gasteiger charge is -2.29. The van der Waals surface area contributed by atoms with Crippen LogP contribution in [0.5, 0.6) is 11.5 Å². The Morgan fingerprint density at radius 2 is 1.81 bits per heavy atom. The molecule has 3 rings (SSSR count). The molecule has 2 fully saturated rings. The first kappa shape index (κ1) is 21.3. The van der Waals surface area contributed by atoms with Crippen molar-refractivity contribution in [2.75, 3.05) is 50.8 Å². The third-order valence-corrected chi connectivity index (χ3v) is 4.74. The number of rotatable bonds is 6. The zero-order valence-electron chi connectivity index (χ0n) is 15.9. The van der Waals surface area contributed by atoms with E-state index in [4.69, 9.17) is 9.47 Å². The van der Waals surface area contributed by atoms with Gasteiger partial charge >= 0.3 is 0 Å². The molecule has 2 amide bonds. The first-order chi connectivity index (χ1) is 12.6. The van der Waals surface area contributed by atoms with Crippen LogP contribution >= 0.6 is 12.4 Å². The van der Waals surface area contributed by atoms with E-state index < -0.39 is 0 Å². The highest BCUT2D eigenvalue weighted by Gasteiger charge is 2.37. The molecule has 1 aromatic rings.